The van der Waals surface area contributed by atoms with Crippen molar-refractivity contribution in [3.8, 4) is 0 Å². The quantitative estimate of drug-likeness (QED) is 0.492. The van der Waals surface area contributed by atoms with Gasteiger partial charge < -0.3 is 10.5 Å². The van der Waals surface area contributed by atoms with E-state index in [0.717, 1.165) is 47.8 Å². The number of benzene rings is 3. The van der Waals surface area contributed by atoms with E-state index in [1.807, 2.05) is 42.5 Å². The monoisotopic (exact) mass is 429 g/mol. The lowest BCUT2D eigenvalue weighted by Gasteiger charge is -2.20. The Morgan fingerprint density at radius 3 is 2.28 bits per heavy atom. The molecule has 0 amide bonds. The van der Waals surface area contributed by atoms with Crippen LogP contribution in [0.4, 0.5) is 0 Å². The standard InChI is InChI=1S/C28H31NO3/c29-18-26(27(30)17-21-12-13-22-6-4-5-9-25(22)16-21)23-14-10-20(11-15-23)19-32-28(31)24-7-2-1-3-8-24/h4-6,9-16,24,26H,1-3,7-8,17-19,29H2. The first-order valence-corrected chi connectivity index (χ1v) is 11.6. The summed E-state index contributed by atoms with van der Waals surface area (Å²) in [6.07, 6.45) is 5.68. The van der Waals surface area contributed by atoms with Crippen molar-refractivity contribution < 1.29 is 14.3 Å². The number of nitrogens with two attached hydrogens (primary N) is 1. The summed E-state index contributed by atoms with van der Waals surface area (Å²) >= 11 is 0. The number of fused-ring (bicyclic) bond motifs is 1. The Kier molecular flexibility index (Phi) is 7.33. The Balaban J connectivity index is 1.36. The highest BCUT2D eigenvalue weighted by atomic mass is 16.5. The van der Waals surface area contributed by atoms with E-state index in [2.05, 4.69) is 24.3 Å². The molecule has 0 bridgehead atoms. The van der Waals surface area contributed by atoms with Gasteiger partial charge in [-0.2, -0.15) is 0 Å². The Bertz CT molecular complexity index is 1070. The van der Waals surface area contributed by atoms with Gasteiger partial charge in [-0.1, -0.05) is 86.0 Å². The molecule has 166 valence electrons. The Morgan fingerprint density at radius 1 is 0.875 bits per heavy atom. The molecule has 0 aliphatic heterocycles. The second-order valence-electron chi connectivity index (χ2n) is 8.80. The van der Waals surface area contributed by atoms with Crippen molar-refractivity contribution in [2.45, 2.75) is 51.0 Å². The van der Waals surface area contributed by atoms with E-state index < -0.39 is 0 Å². The lowest BCUT2D eigenvalue weighted by atomic mass is 9.89. The molecule has 3 aromatic rings. The normalized spacial score (nSPS) is 15.4. The molecule has 0 saturated heterocycles. The highest BCUT2D eigenvalue weighted by molar-refractivity contribution is 5.90. The van der Waals surface area contributed by atoms with Crippen molar-refractivity contribution >= 4 is 22.5 Å². The van der Waals surface area contributed by atoms with Crippen molar-refractivity contribution in [1.29, 1.82) is 0 Å². The number of ether oxygens (including phenoxy) is 1. The number of hydrogen-bond acceptors (Lipinski definition) is 4. The van der Waals surface area contributed by atoms with Gasteiger partial charge in [0.15, 0.2) is 0 Å². The van der Waals surface area contributed by atoms with E-state index in [1.54, 1.807) is 0 Å². The molecule has 32 heavy (non-hydrogen) atoms. The molecule has 1 atom stereocenters. The van der Waals surface area contributed by atoms with Crippen LogP contribution >= 0.6 is 0 Å². The van der Waals surface area contributed by atoms with Crippen LogP contribution in [0.25, 0.3) is 10.8 Å². The molecule has 4 rings (SSSR count). The Hall–Kier alpha value is -2.98. The van der Waals surface area contributed by atoms with E-state index >= 15 is 0 Å². The third kappa shape index (κ3) is 5.43. The molecule has 4 nitrogen and oxygen atoms in total. The topological polar surface area (TPSA) is 69.4 Å². The van der Waals surface area contributed by atoms with Crippen molar-refractivity contribution in [2.24, 2.45) is 11.7 Å². The Morgan fingerprint density at radius 2 is 1.56 bits per heavy atom. The number of Topliss-reactive ketones (excluding diaryl/α,β-unsaturated/α-hetero) is 1. The van der Waals surface area contributed by atoms with E-state index in [1.165, 1.54) is 11.8 Å². The lowest BCUT2D eigenvalue weighted by Crippen LogP contribution is -2.23. The molecular formula is C28H31NO3. The van der Waals surface area contributed by atoms with Gasteiger partial charge in [-0.3, -0.25) is 9.59 Å². The zero-order valence-corrected chi connectivity index (χ0v) is 18.5. The van der Waals surface area contributed by atoms with Gasteiger partial charge in [0.05, 0.1) is 11.8 Å². The van der Waals surface area contributed by atoms with Crippen LogP contribution in [-0.2, 0) is 27.4 Å². The summed E-state index contributed by atoms with van der Waals surface area (Å²) in [5.74, 6) is -0.267. The second kappa shape index (κ2) is 10.6. The third-order valence-electron chi connectivity index (χ3n) is 6.52. The third-order valence-corrected chi connectivity index (χ3v) is 6.52. The van der Waals surface area contributed by atoms with Gasteiger partial charge in [0.25, 0.3) is 0 Å². The highest BCUT2D eigenvalue weighted by Gasteiger charge is 2.23. The minimum absolute atomic E-state index is 0.0531. The fraction of sp³-hybridized carbons (Fsp3) is 0.357. The summed E-state index contributed by atoms with van der Waals surface area (Å²) in [4.78, 5) is 25.3. The van der Waals surface area contributed by atoms with Crippen LogP contribution in [0.15, 0.2) is 66.7 Å². The van der Waals surface area contributed by atoms with E-state index in [9.17, 15) is 9.59 Å². The molecule has 0 spiro atoms. The number of rotatable bonds is 8. The average molecular weight is 430 g/mol. The lowest BCUT2D eigenvalue weighted by molar-refractivity contribution is -0.151. The minimum atomic E-state index is -0.347. The molecule has 1 aliphatic rings. The zero-order valence-electron chi connectivity index (χ0n) is 18.5. The molecule has 1 unspecified atom stereocenters. The minimum Gasteiger partial charge on any atom is -0.461 e. The van der Waals surface area contributed by atoms with Gasteiger partial charge in [-0.25, -0.2) is 0 Å². The van der Waals surface area contributed by atoms with Crippen LogP contribution in [0, 0.1) is 5.92 Å². The average Bonchev–Trinajstić information content (AvgIpc) is 2.84. The smallest absolute Gasteiger partial charge is 0.309 e. The van der Waals surface area contributed by atoms with Gasteiger partial charge in [0.2, 0.25) is 0 Å². The molecular weight excluding hydrogens is 398 g/mol. The van der Waals surface area contributed by atoms with Crippen LogP contribution in [0.2, 0.25) is 0 Å². The van der Waals surface area contributed by atoms with Crippen molar-refractivity contribution in [2.75, 3.05) is 6.54 Å². The maximum absolute atomic E-state index is 13.0. The molecule has 1 aliphatic carbocycles. The van der Waals surface area contributed by atoms with Crippen LogP contribution < -0.4 is 5.73 Å². The summed E-state index contributed by atoms with van der Waals surface area (Å²) < 4.78 is 5.53. The fourth-order valence-corrected chi connectivity index (χ4v) is 4.58. The van der Waals surface area contributed by atoms with E-state index in [4.69, 9.17) is 10.5 Å². The van der Waals surface area contributed by atoms with Crippen molar-refractivity contribution in [1.82, 2.24) is 0 Å². The first-order valence-electron chi connectivity index (χ1n) is 11.6. The van der Waals surface area contributed by atoms with Gasteiger partial charge in [-0.15, -0.1) is 0 Å². The first-order chi connectivity index (χ1) is 15.6. The molecule has 1 saturated carbocycles. The van der Waals surface area contributed by atoms with Crippen LogP contribution in [-0.4, -0.2) is 18.3 Å². The predicted octanol–water partition coefficient (Wildman–Crippen LogP) is 5.32. The number of carbonyl (C=O) groups is 2. The molecule has 0 radical (unpaired) electrons. The molecule has 4 heteroatoms. The number of carbonyl (C=O) groups excluding carboxylic acids is 2. The number of esters is 1. The van der Waals surface area contributed by atoms with Gasteiger partial charge in [-0.05, 0) is 40.3 Å². The predicted molar refractivity (Wildman–Crippen MR) is 127 cm³/mol. The van der Waals surface area contributed by atoms with Crippen molar-refractivity contribution in [3.63, 3.8) is 0 Å². The van der Waals surface area contributed by atoms with Crippen molar-refractivity contribution in [3.05, 3.63) is 83.4 Å². The Labute approximate surface area is 189 Å². The fourth-order valence-electron chi connectivity index (χ4n) is 4.58. The zero-order chi connectivity index (χ0) is 22.3. The summed E-state index contributed by atoms with van der Waals surface area (Å²) in [5.41, 5.74) is 8.81. The molecule has 3 aromatic carbocycles. The molecule has 0 aromatic heterocycles. The second-order valence-corrected chi connectivity index (χ2v) is 8.80. The van der Waals surface area contributed by atoms with Gasteiger partial charge >= 0.3 is 5.97 Å². The van der Waals surface area contributed by atoms with E-state index in [-0.39, 0.29) is 36.7 Å². The van der Waals surface area contributed by atoms with Crippen LogP contribution in [0.1, 0.15) is 54.7 Å². The summed E-state index contributed by atoms with van der Waals surface area (Å²) in [5, 5.41) is 2.30. The van der Waals surface area contributed by atoms with Crippen LogP contribution in [0.3, 0.4) is 0 Å². The highest BCUT2D eigenvalue weighted by Crippen LogP contribution is 2.25. The van der Waals surface area contributed by atoms with Gasteiger partial charge in [0, 0.05) is 13.0 Å². The molecule has 0 heterocycles. The van der Waals surface area contributed by atoms with E-state index in [0.29, 0.717) is 6.42 Å². The maximum atomic E-state index is 13.0. The molecule has 2 N–H and O–H groups in total. The SMILES string of the molecule is NCC(C(=O)Cc1ccc2ccccc2c1)c1ccc(COC(=O)C2CCCCC2)cc1. The number of hydrogen-bond donors (Lipinski definition) is 1. The molecule has 1 fully saturated rings. The number of ketones is 1. The maximum Gasteiger partial charge on any atom is 0.309 e. The first kappa shape index (κ1) is 22.2. The largest absolute Gasteiger partial charge is 0.461 e. The van der Waals surface area contributed by atoms with Gasteiger partial charge in [0.1, 0.15) is 12.4 Å². The summed E-state index contributed by atoms with van der Waals surface area (Å²) in [6, 6.07) is 22.0. The summed E-state index contributed by atoms with van der Waals surface area (Å²) in [7, 11) is 0. The summed E-state index contributed by atoms with van der Waals surface area (Å²) in [6.45, 7) is 0.538. The van der Waals surface area contributed by atoms with Crippen LogP contribution in [0.5, 0.6) is 0 Å².